The Hall–Kier alpha value is -3.48. The van der Waals surface area contributed by atoms with E-state index in [9.17, 15) is 35.9 Å². The Morgan fingerprint density at radius 1 is 0.872 bits per heavy atom. The number of cyclic esters (lactones) is 1. The van der Waals surface area contributed by atoms with Gasteiger partial charge in [0.15, 0.2) is 5.60 Å². The molecule has 2 aliphatic heterocycles. The molecule has 0 aliphatic carbocycles. The molecule has 0 spiro atoms. The molecule has 47 heavy (non-hydrogen) atoms. The van der Waals surface area contributed by atoms with E-state index in [-0.39, 0.29) is 40.5 Å². The molecule has 1 atom stereocenters. The first kappa shape index (κ1) is 34.8. The summed E-state index contributed by atoms with van der Waals surface area (Å²) in [6, 6.07) is 15.6. The number of carbonyl (C=O) groups is 2. The van der Waals surface area contributed by atoms with Crippen LogP contribution in [0.2, 0.25) is 10.0 Å². The van der Waals surface area contributed by atoms with Gasteiger partial charge in [0.05, 0.1) is 33.3 Å². The van der Waals surface area contributed by atoms with Gasteiger partial charge in [0.1, 0.15) is 0 Å². The van der Waals surface area contributed by atoms with Crippen LogP contribution in [0, 0.1) is 0 Å². The molecule has 0 saturated carbocycles. The molecule has 2 fully saturated rings. The summed E-state index contributed by atoms with van der Waals surface area (Å²) in [6.07, 6.45) is -9.49. The number of carbonyl (C=O) groups excluding carboxylic acids is 2. The fourth-order valence-corrected chi connectivity index (χ4v) is 6.67. The Balaban J connectivity index is 1.38. The molecule has 3 aromatic rings. The quantitative estimate of drug-likeness (QED) is 0.240. The van der Waals surface area contributed by atoms with Crippen molar-refractivity contribution in [3.8, 4) is 0 Å². The maximum atomic E-state index is 13.5. The topological polar surface area (TPSA) is 61.9 Å². The lowest BCUT2D eigenvalue weighted by molar-refractivity contribution is -0.143. The second-order valence-electron chi connectivity index (χ2n) is 12.0. The van der Waals surface area contributed by atoms with E-state index in [1.54, 1.807) is 12.1 Å². The van der Waals surface area contributed by atoms with Crippen LogP contribution in [0.1, 0.15) is 54.0 Å². The molecule has 1 N–H and O–H groups in total. The van der Waals surface area contributed by atoms with Crippen molar-refractivity contribution in [1.29, 1.82) is 0 Å². The summed E-state index contributed by atoms with van der Waals surface area (Å²) in [5, 5.41) is 3.56. The standard InChI is InChI=1S/C33H31Cl2F6N3O3/c1-21(45)42-30(23-5-3-2-4-6-23)9-12-43(13-10-30)14-11-31(24-7-8-27(34)28(35)18-24)20-44(29(46)47-31)19-22-15-25(32(36,37)38)17-26(16-22)33(39,40)41/h2-8,15-18H,9-14,19-20H2,1H3,(H,42,45). The predicted molar refractivity (Wildman–Crippen MR) is 164 cm³/mol. The Morgan fingerprint density at radius 2 is 1.49 bits per heavy atom. The Labute approximate surface area is 277 Å². The Morgan fingerprint density at radius 3 is 2.04 bits per heavy atom. The van der Waals surface area contributed by atoms with Gasteiger partial charge in [-0.2, -0.15) is 26.3 Å². The van der Waals surface area contributed by atoms with E-state index in [1.807, 2.05) is 30.3 Å². The molecule has 0 bridgehead atoms. The van der Waals surface area contributed by atoms with Gasteiger partial charge in [-0.3, -0.25) is 9.69 Å². The molecule has 14 heteroatoms. The van der Waals surface area contributed by atoms with Crippen molar-refractivity contribution >= 4 is 35.2 Å². The minimum atomic E-state index is -5.03. The lowest BCUT2D eigenvalue weighted by atomic mass is 9.80. The van der Waals surface area contributed by atoms with Crippen LogP contribution >= 0.6 is 23.2 Å². The van der Waals surface area contributed by atoms with Crippen molar-refractivity contribution in [2.45, 2.75) is 56.2 Å². The molecule has 2 heterocycles. The molecule has 2 saturated heterocycles. The summed E-state index contributed by atoms with van der Waals surface area (Å²) in [5.74, 6) is -0.151. The van der Waals surface area contributed by atoms with Crippen molar-refractivity contribution < 1.29 is 40.7 Å². The number of nitrogens with one attached hydrogen (secondary N) is 1. The van der Waals surface area contributed by atoms with Crippen molar-refractivity contribution in [3.05, 3.63) is 105 Å². The summed E-state index contributed by atoms with van der Waals surface area (Å²) in [7, 11) is 0. The molecule has 6 nitrogen and oxygen atoms in total. The average Bonchev–Trinajstić information content (AvgIpc) is 3.32. The van der Waals surface area contributed by atoms with Crippen LogP contribution in [0.4, 0.5) is 31.1 Å². The number of likely N-dealkylation sites (tertiary alicyclic amines) is 1. The fraction of sp³-hybridized carbons (Fsp3) is 0.394. The van der Waals surface area contributed by atoms with Crippen molar-refractivity contribution in [1.82, 2.24) is 15.1 Å². The Kier molecular flexibility index (Phi) is 9.79. The van der Waals surface area contributed by atoms with E-state index in [0.29, 0.717) is 50.2 Å². The maximum Gasteiger partial charge on any atom is 0.416 e. The third-order valence-corrected chi connectivity index (χ3v) is 9.48. The lowest BCUT2D eigenvalue weighted by Crippen LogP contribution is -2.53. The number of ether oxygens (including phenoxy) is 1. The molecular weight excluding hydrogens is 671 g/mol. The first-order valence-corrected chi connectivity index (χ1v) is 15.5. The molecular formula is C33H31Cl2F6N3O3. The zero-order valence-corrected chi connectivity index (χ0v) is 26.7. The molecule has 1 unspecified atom stereocenters. The highest BCUT2D eigenvalue weighted by Gasteiger charge is 2.48. The van der Waals surface area contributed by atoms with Crippen LogP contribution in [0.5, 0.6) is 0 Å². The highest BCUT2D eigenvalue weighted by Crippen LogP contribution is 2.42. The predicted octanol–water partition coefficient (Wildman–Crippen LogP) is 8.40. The maximum absolute atomic E-state index is 13.5. The fourth-order valence-electron chi connectivity index (χ4n) is 6.37. The van der Waals surface area contributed by atoms with Gasteiger partial charge in [-0.15, -0.1) is 0 Å². The molecule has 2 amide bonds. The van der Waals surface area contributed by atoms with Crippen LogP contribution in [0.25, 0.3) is 0 Å². The second-order valence-corrected chi connectivity index (χ2v) is 12.8. The third kappa shape index (κ3) is 7.81. The number of nitrogens with zero attached hydrogens (tertiary/aromatic N) is 2. The Bertz CT molecular complexity index is 1600. The monoisotopic (exact) mass is 701 g/mol. The summed E-state index contributed by atoms with van der Waals surface area (Å²) in [5.41, 5.74) is -3.70. The van der Waals surface area contributed by atoms with Gasteiger partial charge >= 0.3 is 18.4 Å². The highest BCUT2D eigenvalue weighted by molar-refractivity contribution is 6.42. The zero-order valence-electron chi connectivity index (χ0n) is 25.2. The van der Waals surface area contributed by atoms with Crippen LogP contribution in [-0.4, -0.2) is 48.0 Å². The minimum absolute atomic E-state index is 0.0445. The van der Waals surface area contributed by atoms with E-state index in [4.69, 9.17) is 27.9 Å². The van der Waals surface area contributed by atoms with Crippen molar-refractivity contribution in [2.75, 3.05) is 26.2 Å². The summed E-state index contributed by atoms with van der Waals surface area (Å²) in [4.78, 5) is 28.6. The first-order chi connectivity index (χ1) is 22.0. The van der Waals surface area contributed by atoms with Gasteiger partial charge in [-0.1, -0.05) is 59.6 Å². The van der Waals surface area contributed by atoms with Gasteiger partial charge in [-0.25, -0.2) is 4.79 Å². The summed E-state index contributed by atoms with van der Waals surface area (Å²) >= 11 is 12.5. The molecule has 5 rings (SSSR count). The third-order valence-electron chi connectivity index (χ3n) is 8.74. The summed E-state index contributed by atoms with van der Waals surface area (Å²) < 4.78 is 86.9. The van der Waals surface area contributed by atoms with Crippen molar-refractivity contribution in [2.24, 2.45) is 0 Å². The van der Waals surface area contributed by atoms with Gasteiger partial charge in [0.2, 0.25) is 5.91 Å². The number of alkyl halides is 6. The average molecular weight is 703 g/mol. The normalized spacial score (nSPS) is 20.3. The van der Waals surface area contributed by atoms with Crippen LogP contribution in [0.15, 0.2) is 66.7 Å². The van der Waals surface area contributed by atoms with Crippen LogP contribution in [0.3, 0.4) is 0 Å². The zero-order chi connectivity index (χ0) is 34.2. The number of hydrogen-bond acceptors (Lipinski definition) is 4. The first-order valence-electron chi connectivity index (χ1n) is 14.8. The van der Waals surface area contributed by atoms with Gasteiger partial charge in [0, 0.05) is 39.5 Å². The highest BCUT2D eigenvalue weighted by atomic mass is 35.5. The molecule has 0 radical (unpaired) electrons. The van der Waals surface area contributed by atoms with E-state index < -0.39 is 47.3 Å². The number of benzene rings is 3. The van der Waals surface area contributed by atoms with Gasteiger partial charge in [0.25, 0.3) is 0 Å². The number of piperidine rings is 1. The largest absolute Gasteiger partial charge is 0.436 e. The van der Waals surface area contributed by atoms with Gasteiger partial charge in [-0.05, 0) is 59.9 Å². The van der Waals surface area contributed by atoms with E-state index >= 15 is 0 Å². The smallest absolute Gasteiger partial charge is 0.416 e. The van der Waals surface area contributed by atoms with E-state index in [0.717, 1.165) is 10.5 Å². The van der Waals surface area contributed by atoms with Crippen LogP contribution < -0.4 is 5.32 Å². The second kappa shape index (κ2) is 13.2. The SMILES string of the molecule is CC(=O)NC1(c2ccccc2)CCN(CCC2(c3ccc(Cl)c(Cl)c3)CN(Cc3cc(C(F)(F)F)cc(C(F)(F)F)c3)C(=O)O2)CC1. The van der Waals surface area contributed by atoms with E-state index in [2.05, 4.69) is 10.2 Å². The molecule has 0 aromatic heterocycles. The molecule has 2 aliphatic rings. The van der Waals surface area contributed by atoms with Gasteiger partial charge < -0.3 is 15.0 Å². The molecule has 3 aromatic carbocycles. The summed E-state index contributed by atoms with van der Waals surface area (Å²) in [6.45, 7) is 2.38. The van der Waals surface area contributed by atoms with Crippen LogP contribution in [-0.2, 0) is 39.6 Å². The molecule has 252 valence electrons. The number of amides is 2. The number of rotatable bonds is 8. The van der Waals surface area contributed by atoms with Crippen molar-refractivity contribution in [3.63, 3.8) is 0 Å². The number of halogens is 8. The lowest BCUT2D eigenvalue weighted by Gasteiger charge is -2.43. The minimum Gasteiger partial charge on any atom is -0.436 e. The van der Waals surface area contributed by atoms with E-state index in [1.165, 1.54) is 13.0 Å². The number of hydrogen-bond donors (Lipinski definition) is 1.